The molecule has 0 aliphatic carbocycles. The minimum atomic E-state index is -3.22. The maximum absolute atomic E-state index is 13.7. The molecule has 1 amide bonds. The van der Waals surface area contributed by atoms with Crippen molar-refractivity contribution in [2.45, 2.75) is 32.9 Å². The van der Waals surface area contributed by atoms with E-state index in [9.17, 15) is 17.6 Å². The van der Waals surface area contributed by atoms with Crippen LogP contribution in [0.3, 0.4) is 0 Å². The van der Waals surface area contributed by atoms with Gasteiger partial charge in [-0.3, -0.25) is 4.79 Å². The number of rotatable bonds is 5. The molecule has 1 aliphatic rings. The van der Waals surface area contributed by atoms with Crippen LogP contribution >= 0.6 is 0 Å². The molecule has 0 bridgehead atoms. The summed E-state index contributed by atoms with van der Waals surface area (Å²) in [6, 6.07) is 14.7. The summed E-state index contributed by atoms with van der Waals surface area (Å²) < 4.78 is 49.5. The van der Waals surface area contributed by atoms with Crippen molar-refractivity contribution in [1.82, 2.24) is 4.90 Å². The van der Waals surface area contributed by atoms with E-state index in [1.165, 1.54) is 17.0 Å². The summed E-state index contributed by atoms with van der Waals surface area (Å²) in [5.74, 6) is 0.481. The van der Waals surface area contributed by atoms with Crippen LogP contribution in [0.5, 0.6) is 0 Å². The minimum absolute atomic E-state index is 0.0404. The fraction of sp³-hybridized carbons (Fsp3) is 0.269. The number of nitrogens with zero attached hydrogens (tertiary/aromatic N) is 1. The van der Waals surface area contributed by atoms with Crippen LogP contribution in [0.15, 0.2) is 63.4 Å². The lowest BCUT2D eigenvalue weighted by Gasteiger charge is -2.26. The molecule has 6 nitrogen and oxygen atoms in total. The van der Waals surface area contributed by atoms with Gasteiger partial charge < -0.3 is 13.7 Å². The van der Waals surface area contributed by atoms with E-state index < -0.39 is 15.9 Å². The Balaban J connectivity index is 1.49. The predicted molar refractivity (Wildman–Crippen MR) is 127 cm³/mol. The zero-order valence-corrected chi connectivity index (χ0v) is 19.7. The third kappa shape index (κ3) is 4.25. The van der Waals surface area contributed by atoms with Gasteiger partial charge in [0.15, 0.2) is 15.6 Å². The van der Waals surface area contributed by atoms with Crippen molar-refractivity contribution in [2.75, 3.05) is 11.5 Å². The highest BCUT2D eigenvalue weighted by Gasteiger charge is 2.37. The molecule has 0 spiro atoms. The van der Waals surface area contributed by atoms with Crippen LogP contribution in [0.2, 0.25) is 0 Å². The van der Waals surface area contributed by atoms with E-state index in [-0.39, 0.29) is 35.5 Å². The molecule has 0 unspecified atom stereocenters. The van der Waals surface area contributed by atoms with Crippen LogP contribution < -0.4 is 0 Å². The summed E-state index contributed by atoms with van der Waals surface area (Å²) in [7, 11) is -3.22. The van der Waals surface area contributed by atoms with Gasteiger partial charge in [-0.25, -0.2) is 12.8 Å². The van der Waals surface area contributed by atoms with Gasteiger partial charge in [0.2, 0.25) is 0 Å². The summed E-state index contributed by atoms with van der Waals surface area (Å²) in [5, 5.41) is 0.860. The van der Waals surface area contributed by atoms with Crippen molar-refractivity contribution < 1.29 is 26.4 Å². The third-order valence-electron chi connectivity index (χ3n) is 6.31. The highest BCUT2D eigenvalue weighted by Crippen LogP contribution is 2.31. The lowest BCUT2D eigenvalue weighted by atomic mass is 10.1. The van der Waals surface area contributed by atoms with Crippen LogP contribution in [0.25, 0.3) is 22.3 Å². The second kappa shape index (κ2) is 8.43. The monoisotopic (exact) mass is 481 g/mol. The number of halogens is 1. The van der Waals surface area contributed by atoms with Crippen molar-refractivity contribution in [3.8, 4) is 11.3 Å². The van der Waals surface area contributed by atoms with E-state index in [2.05, 4.69) is 0 Å². The second-order valence-corrected chi connectivity index (χ2v) is 11.0. The number of carbonyl (C=O) groups excluding carboxylic acids is 1. The van der Waals surface area contributed by atoms with E-state index in [1.807, 2.05) is 32.0 Å². The molecule has 1 atom stereocenters. The second-order valence-electron chi connectivity index (χ2n) is 8.82. The zero-order valence-electron chi connectivity index (χ0n) is 18.9. The van der Waals surface area contributed by atoms with Crippen molar-refractivity contribution in [3.63, 3.8) is 0 Å². The molecular formula is C26H24FNO5S. The molecular weight excluding hydrogens is 457 g/mol. The Morgan fingerprint density at radius 2 is 1.82 bits per heavy atom. The van der Waals surface area contributed by atoms with E-state index in [1.54, 1.807) is 24.3 Å². The van der Waals surface area contributed by atoms with E-state index in [0.29, 0.717) is 29.1 Å². The summed E-state index contributed by atoms with van der Waals surface area (Å²) in [4.78, 5) is 15.2. The number of fused-ring (bicyclic) bond motifs is 1. The van der Waals surface area contributed by atoms with E-state index >= 15 is 0 Å². The number of hydrogen-bond acceptors (Lipinski definition) is 5. The molecule has 4 aromatic rings. The van der Waals surface area contributed by atoms with Gasteiger partial charge in [-0.05, 0) is 68.8 Å². The average molecular weight is 482 g/mol. The van der Waals surface area contributed by atoms with Gasteiger partial charge in [0.05, 0.1) is 18.1 Å². The highest BCUT2D eigenvalue weighted by molar-refractivity contribution is 7.91. The summed E-state index contributed by atoms with van der Waals surface area (Å²) in [5.41, 5.74) is 3.10. The first-order valence-electron chi connectivity index (χ1n) is 11.1. The Morgan fingerprint density at radius 3 is 2.53 bits per heavy atom. The Morgan fingerprint density at radius 1 is 1.06 bits per heavy atom. The molecule has 8 heteroatoms. The number of aryl methyl sites for hydroxylation is 2. The predicted octanol–water partition coefficient (Wildman–Crippen LogP) is 5.28. The summed E-state index contributed by atoms with van der Waals surface area (Å²) in [6.45, 7) is 3.90. The standard InChI is InChI=1S/C26H24FNO5S/c1-16-3-9-24-22(13-16)17(2)25(33-24)26(29)28(20-11-12-34(30,31)15-20)14-21-8-10-23(32-21)18-4-6-19(27)7-5-18/h3-10,13,20H,11-12,14-15H2,1-2H3/t20-/m0/s1. The Labute approximate surface area is 196 Å². The van der Waals surface area contributed by atoms with Crippen LogP contribution in [0.1, 0.15) is 33.9 Å². The van der Waals surface area contributed by atoms with Crippen molar-refractivity contribution >= 4 is 26.7 Å². The van der Waals surface area contributed by atoms with Crippen LogP contribution in [0, 0.1) is 19.7 Å². The number of benzene rings is 2. The number of amides is 1. The lowest BCUT2D eigenvalue weighted by molar-refractivity contribution is 0.0635. The quantitative estimate of drug-likeness (QED) is 0.388. The fourth-order valence-corrected chi connectivity index (χ4v) is 6.19. The average Bonchev–Trinajstić information content (AvgIpc) is 3.50. The normalized spacial score (nSPS) is 17.3. The molecule has 34 heavy (non-hydrogen) atoms. The van der Waals surface area contributed by atoms with Gasteiger partial charge >= 0.3 is 0 Å². The Bertz CT molecular complexity index is 1480. The molecule has 3 heterocycles. The molecule has 1 fully saturated rings. The van der Waals surface area contributed by atoms with Crippen molar-refractivity contribution in [1.29, 1.82) is 0 Å². The van der Waals surface area contributed by atoms with Crippen LogP contribution in [-0.4, -0.2) is 36.8 Å². The maximum atomic E-state index is 13.7. The lowest BCUT2D eigenvalue weighted by Crippen LogP contribution is -2.40. The minimum Gasteiger partial charge on any atom is -0.459 e. The number of sulfone groups is 1. The fourth-order valence-electron chi connectivity index (χ4n) is 4.46. The topological polar surface area (TPSA) is 80.7 Å². The molecule has 0 saturated carbocycles. The summed E-state index contributed by atoms with van der Waals surface area (Å²) in [6.07, 6.45) is 0.359. The SMILES string of the molecule is Cc1ccc2oc(C(=O)N(Cc3ccc(-c4ccc(F)cc4)o3)[C@H]3CCS(=O)(=O)C3)c(C)c2c1. The molecule has 1 saturated heterocycles. The summed E-state index contributed by atoms with van der Waals surface area (Å²) >= 11 is 0. The molecule has 5 rings (SSSR count). The first-order chi connectivity index (χ1) is 16.2. The number of hydrogen-bond donors (Lipinski definition) is 0. The first-order valence-corrected chi connectivity index (χ1v) is 12.9. The smallest absolute Gasteiger partial charge is 0.290 e. The van der Waals surface area contributed by atoms with Crippen molar-refractivity contribution in [2.24, 2.45) is 0 Å². The van der Waals surface area contributed by atoms with Gasteiger partial charge in [-0.2, -0.15) is 0 Å². The van der Waals surface area contributed by atoms with Crippen molar-refractivity contribution in [3.05, 3.63) is 83.1 Å². The highest BCUT2D eigenvalue weighted by atomic mass is 32.2. The number of carbonyl (C=O) groups is 1. The molecule has 2 aromatic heterocycles. The van der Waals surface area contributed by atoms with E-state index in [0.717, 1.165) is 16.5 Å². The first kappa shape index (κ1) is 22.4. The van der Waals surface area contributed by atoms with Gasteiger partial charge in [0.1, 0.15) is 22.9 Å². The Kier molecular flexibility index (Phi) is 5.56. The molecule has 1 aliphatic heterocycles. The van der Waals surface area contributed by atoms with Crippen LogP contribution in [-0.2, 0) is 16.4 Å². The van der Waals surface area contributed by atoms with Gasteiger partial charge in [0.25, 0.3) is 5.91 Å². The molecule has 0 radical (unpaired) electrons. The largest absolute Gasteiger partial charge is 0.459 e. The van der Waals surface area contributed by atoms with Crippen LogP contribution in [0.4, 0.5) is 4.39 Å². The molecule has 2 aromatic carbocycles. The number of furan rings is 2. The Hall–Kier alpha value is -3.39. The van der Waals surface area contributed by atoms with Gasteiger partial charge in [-0.15, -0.1) is 0 Å². The van der Waals surface area contributed by atoms with Gasteiger partial charge in [-0.1, -0.05) is 11.6 Å². The molecule has 0 N–H and O–H groups in total. The maximum Gasteiger partial charge on any atom is 0.290 e. The zero-order chi connectivity index (χ0) is 24.0. The molecule has 176 valence electrons. The van der Waals surface area contributed by atoms with E-state index in [4.69, 9.17) is 8.83 Å². The third-order valence-corrected chi connectivity index (χ3v) is 8.06. The van der Waals surface area contributed by atoms with Gasteiger partial charge in [0, 0.05) is 22.6 Å².